The standard InChI is InChI=1S/C21H23N7O4S/c29-20(23-24-21(30)17-6-8-18(9-7-17)28-15-22-25-26-28)14-16-4-10-19(11-5-16)33(31,32)27-12-2-1-3-13-27/h4-11,15H,1-3,12-14H2,(H,23,29)(H,24,30). The van der Waals surface area contributed by atoms with Crippen LogP contribution in [0.2, 0.25) is 0 Å². The van der Waals surface area contributed by atoms with Crippen molar-refractivity contribution in [2.45, 2.75) is 30.6 Å². The molecule has 1 fully saturated rings. The molecule has 0 saturated carbocycles. The third kappa shape index (κ3) is 5.41. The molecule has 1 aliphatic rings. The predicted molar refractivity (Wildman–Crippen MR) is 118 cm³/mol. The summed E-state index contributed by atoms with van der Waals surface area (Å²) in [7, 11) is -3.51. The van der Waals surface area contributed by atoms with E-state index in [1.807, 2.05) is 0 Å². The number of benzene rings is 2. The van der Waals surface area contributed by atoms with E-state index in [9.17, 15) is 18.0 Å². The largest absolute Gasteiger partial charge is 0.273 e. The number of nitrogens with one attached hydrogen (secondary N) is 2. The van der Waals surface area contributed by atoms with Crippen molar-refractivity contribution in [3.05, 3.63) is 66.0 Å². The molecule has 0 unspecified atom stereocenters. The van der Waals surface area contributed by atoms with Gasteiger partial charge in [0.15, 0.2) is 0 Å². The first-order valence-electron chi connectivity index (χ1n) is 10.5. The number of piperidine rings is 1. The van der Waals surface area contributed by atoms with Gasteiger partial charge in [0.1, 0.15) is 6.33 Å². The molecule has 12 heteroatoms. The Labute approximate surface area is 190 Å². The van der Waals surface area contributed by atoms with Crippen LogP contribution in [0.3, 0.4) is 0 Å². The number of rotatable bonds is 6. The zero-order valence-electron chi connectivity index (χ0n) is 17.7. The highest BCUT2D eigenvalue weighted by atomic mass is 32.2. The van der Waals surface area contributed by atoms with E-state index in [1.165, 1.54) is 27.4 Å². The summed E-state index contributed by atoms with van der Waals surface area (Å²) in [6.07, 6.45) is 4.20. The van der Waals surface area contributed by atoms with Crippen LogP contribution in [-0.2, 0) is 21.2 Å². The highest BCUT2D eigenvalue weighted by molar-refractivity contribution is 7.89. The topological polar surface area (TPSA) is 139 Å². The second-order valence-corrected chi connectivity index (χ2v) is 9.53. The Morgan fingerprint density at radius 2 is 1.61 bits per heavy atom. The molecule has 4 rings (SSSR count). The number of hydrogen-bond acceptors (Lipinski definition) is 7. The van der Waals surface area contributed by atoms with E-state index in [2.05, 4.69) is 26.4 Å². The summed E-state index contributed by atoms with van der Waals surface area (Å²) in [6, 6.07) is 12.7. The van der Waals surface area contributed by atoms with E-state index in [0.29, 0.717) is 29.9 Å². The van der Waals surface area contributed by atoms with Crippen LogP contribution in [0.25, 0.3) is 5.69 Å². The fraction of sp³-hybridized carbons (Fsp3) is 0.286. The van der Waals surface area contributed by atoms with Crippen LogP contribution in [0.15, 0.2) is 59.8 Å². The van der Waals surface area contributed by atoms with Crippen LogP contribution in [0.1, 0.15) is 35.2 Å². The Morgan fingerprint density at radius 3 is 2.24 bits per heavy atom. The summed E-state index contributed by atoms with van der Waals surface area (Å²) in [5.74, 6) is -0.908. The van der Waals surface area contributed by atoms with Crippen molar-refractivity contribution in [2.75, 3.05) is 13.1 Å². The van der Waals surface area contributed by atoms with Gasteiger partial charge in [0, 0.05) is 18.7 Å². The van der Waals surface area contributed by atoms with E-state index in [4.69, 9.17) is 0 Å². The second kappa shape index (κ2) is 9.88. The summed E-state index contributed by atoms with van der Waals surface area (Å²) < 4.78 is 28.4. The van der Waals surface area contributed by atoms with Crippen molar-refractivity contribution in [3.63, 3.8) is 0 Å². The van der Waals surface area contributed by atoms with Gasteiger partial charge in [-0.25, -0.2) is 13.1 Å². The van der Waals surface area contributed by atoms with Gasteiger partial charge in [0.05, 0.1) is 17.0 Å². The first-order valence-corrected chi connectivity index (χ1v) is 11.9. The minimum absolute atomic E-state index is 0.0114. The fourth-order valence-corrected chi connectivity index (χ4v) is 5.02. The molecule has 3 aromatic rings. The Morgan fingerprint density at radius 1 is 0.909 bits per heavy atom. The van der Waals surface area contributed by atoms with Crippen LogP contribution in [0.4, 0.5) is 0 Å². The van der Waals surface area contributed by atoms with Gasteiger partial charge in [-0.15, -0.1) is 5.10 Å². The molecule has 33 heavy (non-hydrogen) atoms. The zero-order valence-corrected chi connectivity index (χ0v) is 18.5. The maximum absolute atomic E-state index is 12.7. The van der Waals surface area contributed by atoms with E-state index in [0.717, 1.165) is 19.3 Å². The van der Waals surface area contributed by atoms with Crippen molar-refractivity contribution in [2.24, 2.45) is 0 Å². The molecule has 2 amide bonds. The summed E-state index contributed by atoms with van der Waals surface area (Å²) in [5.41, 5.74) is 6.39. The number of nitrogens with zero attached hydrogens (tertiary/aromatic N) is 5. The van der Waals surface area contributed by atoms with Gasteiger partial charge in [-0.3, -0.25) is 20.4 Å². The van der Waals surface area contributed by atoms with Crippen LogP contribution in [0.5, 0.6) is 0 Å². The number of aromatic nitrogens is 4. The molecule has 2 heterocycles. The molecular formula is C21H23N7O4S. The first kappa shape index (κ1) is 22.6. The minimum Gasteiger partial charge on any atom is -0.273 e. The summed E-state index contributed by atoms with van der Waals surface area (Å²) in [4.78, 5) is 24.7. The van der Waals surface area contributed by atoms with Crippen molar-refractivity contribution in [1.82, 2.24) is 35.4 Å². The number of sulfonamides is 1. The van der Waals surface area contributed by atoms with Gasteiger partial charge in [-0.1, -0.05) is 18.6 Å². The van der Waals surface area contributed by atoms with Crippen LogP contribution >= 0.6 is 0 Å². The van der Waals surface area contributed by atoms with Gasteiger partial charge in [0.25, 0.3) is 5.91 Å². The lowest BCUT2D eigenvalue weighted by atomic mass is 10.1. The number of hydrazine groups is 1. The molecular weight excluding hydrogens is 446 g/mol. The number of tetrazole rings is 1. The fourth-order valence-electron chi connectivity index (χ4n) is 3.51. The average molecular weight is 470 g/mol. The molecule has 11 nitrogen and oxygen atoms in total. The van der Waals surface area contributed by atoms with Gasteiger partial charge < -0.3 is 0 Å². The second-order valence-electron chi connectivity index (χ2n) is 7.59. The lowest BCUT2D eigenvalue weighted by Crippen LogP contribution is -2.42. The van der Waals surface area contributed by atoms with E-state index < -0.39 is 21.8 Å². The number of amides is 2. The Hall–Kier alpha value is -3.64. The molecule has 1 aromatic heterocycles. The smallest absolute Gasteiger partial charge is 0.269 e. The van der Waals surface area contributed by atoms with E-state index in [-0.39, 0.29) is 11.3 Å². The number of hydrogen-bond donors (Lipinski definition) is 2. The molecule has 0 bridgehead atoms. The van der Waals surface area contributed by atoms with Gasteiger partial charge in [0.2, 0.25) is 15.9 Å². The van der Waals surface area contributed by atoms with Crippen molar-refractivity contribution < 1.29 is 18.0 Å². The Bertz CT molecular complexity index is 1200. The molecule has 0 atom stereocenters. The zero-order chi connectivity index (χ0) is 23.3. The Kier molecular flexibility index (Phi) is 6.75. The molecule has 172 valence electrons. The Balaban J connectivity index is 1.29. The normalized spacial score (nSPS) is 14.5. The van der Waals surface area contributed by atoms with Crippen molar-refractivity contribution >= 4 is 21.8 Å². The monoisotopic (exact) mass is 469 g/mol. The molecule has 2 aromatic carbocycles. The van der Waals surface area contributed by atoms with Gasteiger partial charge >= 0.3 is 0 Å². The average Bonchev–Trinajstić information content (AvgIpc) is 3.39. The molecule has 1 aliphatic heterocycles. The maximum atomic E-state index is 12.7. The maximum Gasteiger partial charge on any atom is 0.269 e. The number of carbonyl (C=O) groups excluding carboxylic acids is 2. The SMILES string of the molecule is O=C(Cc1ccc(S(=O)(=O)N2CCCCC2)cc1)NNC(=O)c1ccc(-n2cnnn2)cc1. The minimum atomic E-state index is -3.51. The van der Waals surface area contributed by atoms with Crippen molar-refractivity contribution in [3.8, 4) is 5.69 Å². The first-order chi connectivity index (χ1) is 15.9. The van der Waals surface area contributed by atoms with Crippen LogP contribution < -0.4 is 10.9 Å². The summed E-state index contributed by atoms with van der Waals surface area (Å²) in [5, 5.41) is 10.9. The number of carbonyl (C=O) groups is 2. The third-order valence-electron chi connectivity index (χ3n) is 5.30. The van der Waals surface area contributed by atoms with Gasteiger partial charge in [-0.05, 0) is 65.2 Å². The van der Waals surface area contributed by atoms with Crippen LogP contribution in [0, 0.1) is 0 Å². The van der Waals surface area contributed by atoms with Gasteiger partial charge in [-0.2, -0.15) is 4.31 Å². The van der Waals surface area contributed by atoms with Crippen LogP contribution in [-0.4, -0.2) is 57.8 Å². The molecule has 0 radical (unpaired) electrons. The lowest BCUT2D eigenvalue weighted by molar-refractivity contribution is -0.121. The van der Waals surface area contributed by atoms with E-state index >= 15 is 0 Å². The summed E-state index contributed by atoms with van der Waals surface area (Å²) >= 11 is 0. The quantitative estimate of drug-likeness (QED) is 0.510. The highest BCUT2D eigenvalue weighted by Crippen LogP contribution is 2.21. The molecule has 0 spiro atoms. The third-order valence-corrected chi connectivity index (χ3v) is 7.21. The lowest BCUT2D eigenvalue weighted by Gasteiger charge is -2.25. The molecule has 1 saturated heterocycles. The summed E-state index contributed by atoms with van der Waals surface area (Å²) in [6.45, 7) is 1.07. The predicted octanol–water partition coefficient (Wildman–Crippen LogP) is 0.841. The molecule has 2 N–H and O–H groups in total. The molecule has 0 aliphatic carbocycles. The van der Waals surface area contributed by atoms with E-state index in [1.54, 1.807) is 36.4 Å². The highest BCUT2D eigenvalue weighted by Gasteiger charge is 2.25. The van der Waals surface area contributed by atoms with Crippen molar-refractivity contribution in [1.29, 1.82) is 0 Å².